The maximum Gasteiger partial charge on any atom is 0.271 e. The predicted molar refractivity (Wildman–Crippen MR) is 131 cm³/mol. The van der Waals surface area contributed by atoms with Gasteiger partial charge in [-0.25, -0.2) is 14.9 Å². The van der Waals surface area contributed by atoms with Crippen molar-refractivity contribution in [3.05, 3.63) is 100 Å². The number of rotatable bonds is 5. The Morgan fingerprint density at radius 3 is 2.42 bits per heavy atom. The van der Waals surface area contributed by atoms with Crippen LogP contribution in [0.4, 0.5) is 11.4 Å². The summed E-state index contributed by atoms with van der Waals surface area (Å²) in [6.45, 7) is 1.35. The van der Waals surface area contributed by atoms with Crippen LogP contribution in [0.15, 0.2) is 78.9 Å². The largest absolute Gasteiger partial charge is 0.497 e. The lowest BCUT2D eigenvalue weighted by Crippen LogP contribution is -2.52. The minimum atomic E-state index is -1.25. The highest BCUT2D eigenvalue weighted by atomic mass is 16.6. The van der Waals surface area contributed by atoms with E-state index in [0.29, 0.717) is 12.3 Å². The van der Waals surface area contributed by atoms with Gasteiger partial charge in [-0.15, -0.1) is 0 Å². The zero-order valence-corrected chi connectivity index (χ0v) is 19.6. The highest BCUT2D eigenvalue weighted by Gasteiger charge is 2.73. The van der Waals surface area contributed by atoms with Crippen molar-refractivity contribution in [3.63, 3.8) is 0 Å². The number of fused-ring (bicyclic) bond motifs is 3. The van der Waals surface area contributed by atoms with Gasteiger partial charge in [-0.05, 0) is 35.7 Å². The molecule has 0 N–H and O–H groups in total. The van der Waals surface area contributed by atoms with E-state index in [1.165, 1.54) is 18.2 Å². The third-order valence-electron chi connectivity index (χ3n) is 7.55. The number of nitro benzene ring substituents is 1. The Labute approximate surface area is 207 Å². The number of hydrogen-bond donors (Lipinski definition) is 0. The van der Waals surface area contributed by atoms with Crippen molar-refractivity contribution >= 4 is 23.2 Å². The molecule has 9 heteroatoms. The fraction of sp³-hybridized carbons (Fsp3) is 0.259. The molecule has 0 spiro atoms. The summed E-state index contributed by atoms with van der Waals surface area (Å²) in [5, 5.41) is 15.7. The zero-order chi connectivity index (χ0) is 25.0. The number of imide groups is 1. The molecule has 3 saturated heterocycles. The molecule has 0 saturated carbocycles. The minimum absolute atomic E-state index is 0.173. The maximum atomic E-state index is 14.5. The van der Waals surface area contributed by atoms with E-state index in [1.54, 1.807) is 13.2 Å². The summed E-state index contributed by atoms with van der Waals surface area (Å²) in [6, 6.07) is 22.3. The number of methoxy groups -OCH3 is 1. The van der Waals surface area contributed by atoms with Crippen molar-refractivity contribution in [2.24, 2.45) is 5.92 Å². The molecule has 0 bridgehead atoms. The summed E-state index contributed by atoms with van der Waals surface area (Å²) in [4.78, 5) is 40.8. The second kappa shape index (κ2) is 8.25. The minimum Gasteiger partial charge on any atom is -0.497 e. The van der Waals surface area contributed by atoms with Crippen LogP contribution in [0.1, 0.15) is 23.6 Å². The van der Waals surface area contributed by atoms with E-state index in [0.717, 1.165) is 29.0 Å². The average Bonchev–Trinajstić information content (AvgIpc) is 3.55. The summed E-state index contributed by atoms with van der Waals surface area (Å²) >= 11 is 0. The lowest BCUT2D eigenvalue weighted by molar-refractivity contribution is -0.384. The third-order valence-corrected chi connectivity index (χ3v) is 7.55. The van der Waals surface area contributed by atoms with Crippen LogP contribution in [-0.4, -0.2) is 47.0 Å². The first-order valence-corrected chi connectivity index (χ1v) is 11.8. The number of carbonyl (C=O) groups excluding carboxylic acids is 2. The molecule has 2 amide bonds. The van der Waals surface area contributed by atoms with Crippen molar-refractivity contribution in [3.8, 4) is 5.75 Å². The fourth-order valence-electron chi connectivity index (χ4n) is 6.13. The third kappa shape index (κ3) is 2.96. The van der Waals surface area contributed by atoms with E-state index in [4.69, 9.17) is 4.74 Å². The number of nitro groups is 1. The molecule has 3 aromatic carbocycles. The summed E-state index contributed by atoms with van der Waals surface area (Å²) in [5.41, 5.74) is 0.442. The van der Waals surface area contributed by atoms with Crippen molar-refractivity contribution < 1.29 is 19.2 Å². The number of hydrazine groups is 1. The molecular weight excluding hydrogens is 460 g/mol. The second-order valence-corrected chi connectivity index (χ2v) is 9.22. The number of carbonyl (C=O) groups is 2. The van der Waals surface area contributed by atoms with Gasteiger partial charge in [0.15, 0.2) is 5.54 Å². The maximum absolute atomic E-state index is 14.5. The van der Waals surface area contributed by atoms with Crippen LogP contribution in [-0.2, 0) is 15.1 Å². The summed E-state index contributed by atoms with van der Waals surface area (Å²) in [5.74, 6) is -0.775. The molecule has 3 aromatic rings. The van der Waals surface area contributed by atoms with Crippen LogP contribution in [0.3, 0.4) is 0 Å². The normalized spacial score (nSPS) is 25.8. The SMILES string of the molecule is COc1ccc([C@H]2[C@@H]3C(=O)N(c4cccc([N+](=O)[O-])c4)C(=O)[C@]3(c3ccccc3)N3CCCN23)cc1. The van der Waals surface area contributed by atoms with E-state index in [2.05, 4.69) is 10.0 Å². The molecule has 36 heavy (non-hydrogen) atoms. The molecule has 3 heterocycles. The second-order valence-electron chi connectivity index (χ2n) is 9.22. The van der Waals surface area contributed by atoms with Gasteiger partial charge in [0.2, 0.25) is 5.91 Å². The first-order chi connectivity index (χ1) is 17.5. The summed E-state index contributed by atoms with van der Waals surface area (Å²) < 4.78 is 5.33. The van der Waals surface area contributed by atoms with Gasteiger partial charge in [-0.3, -0.25) is 19.7 Å². The van der Waals surface area contributed by atoms with Crippen molar-refractivity contribution in [1.82, 2.24) is 10.0 Å². The van der Waals surface area contributed by atoms with Gasteiger partial charge in [0.25, 0.3) is 11.6 Å². The number of nitrogens with zero attached hydrogens (tertiary/aromatic N) is 4. The Balaban J connectivity index is 1.57. The summed E-state index contributed by atoms with van der Waals surface area (Å²) in [6.07, 6.45) is 0.853. The Bertz CT molecular complexity index is 1360. The van der Waals surface area contributed by atoms with E-state index in [9.17, 15) is 19.7 Å². The van der Waals surface area contributed by atoms with Gasteiger partial charge in [-0.1, -0.05) is 48.5 Å². The van der Waals surface area contributed by atoms with E-state index < -0.39 is 16.4 Å². The lowest BCUT2D eigenvalue weighted by Gasteiger charge is -2.36. The van der Waals surface area contributed by atoms with Gasteiger partial charge < -0.3 is 4.74 Å². The topological polar surface area (TPSA) is 96.2 Å². The molecular formula is C27H24N4O5. The Hall–Kier alpha value is -4.08. The number of amides is 2. The van der Waals surface area contributed by atoms with Gasteiger partial charge >= 0.3 is 0 Å². The summed E-state index contributed by atoms with van der Waals surface area (Å²) in [7, 11) is 1.60. The number of anilines is 1. The monoisotopic (exact) mass is 484 g/mol. The van der Waals surface area contributed by atoms with Crippen LogP contribution in [0, 0.1) is 16.0 Å². The van der Waals surface area contributed by atoms with Gasteiger partial charge in [-0.2, -0.15) is 0 Å². The van der Waals surface area contributed by atoms with Crippen molar-refractivity contribution in [2.45, 2.75) is 18.0 Å². The van der Waals surface area contributed by atoms with Crippen molar-refractivity contribution in [2.75, 3.05) is 25.1 Å². The molecule has 3 aliphatic heterocycles. The smallest absolute Gasteiger partial charge is 0.271 e. The molecule has 3 aliphatic rings. The van der Waals surface area contributed by atoms with Crippen LogP contribution < -0.4 is 9.64 Å². The lowest BCUT2D eigenvalue weighted by atomic mass is 9.75. The number of non-ortho nitro benzene ring substituents is 1. The first kappa shape index (κ1) is 22.4. The number of benzene rings is 3. The first-order valence-electron chi connectivity index (χ1n) is 11.8. The Morgan fingerprint density at radius 2 is 1.72 bits per heavy atom. The molecule has 6 rings (SSSR count). The predicted octanol–water partition coefficient (Wildman–Crippen LogP) is 3.67. The Kier molecular flexibility index (Phi) is 5.13. The van der Waals surface area contributed by atoms with Crippen LogP contribution >= 0.6 is 0 Å². The molecule has 0 radical (unpaired) electrons. The molecule has 0 aliphatic carbocycles. The van der Waals surface area contributed by atoms with Gasteiger partial charge in [0, 0.05) is 25.2 Å². The van der Waals surface area contributed by atoms with Crippen molar-refractivity contribution in [1.29, 1.82) is 0 Å². The molecule has 3 atom stereocenters. The zero-order valence-electron chi connectivity index (χ0n) is 19.6. The molecule has 0 aromatic heterocycles. The molecule has 182 valence electrons. The quantitative estimate of drug-likeness (QED) is 0.310. The van der Waals surface area contributed by atoms with E-state index >= 15 is 0 Å². The standard InChI is InChI=1S/C27H24N4O5/c1-36-22-13-11-18(12-14-22)24-23-25(32)30(20-9-5-10-21(17-20)31(34)35)26(33)27(23,19-7-3-2-4-8-19)29-16-6-15-28(24)29/h2-5,7-14,17,23-24H,6,15-16H2,1H3/t23-,24+,27-/m1/s1. The average molecular weight is 485 g/mol. The molecule has 0 unspecified atom stereocenters. The highest BCUT2D eigenvalue weighted by Crippen LogP contribution is 2.59. The molecule has 9 nitrogen and oxygen atoms in total. The highest BCUT2D eigenvalue weighted by molar-refractivity contribution is 6.26. The van der Waals surface area contributed by atoms with E-state index in [1.807, 2.05) is 54.6 Å². The van der Waals surface area contributed by atoms with Gasteiger partial charge in [0.05, 0.1) is 29.7 Å². The Morgan fingerprint density at radius 1 is 0.972 bits per heavy atom. The van der Waals surface area contributed by atoms with Crippen LogP contribution in [0.25, 0.3) is 0 Å². The fourth-order valence-corrected chi connectivity index (χ4v) is 6.13. The van der Waals surface area contributed by atoms with Crippen LogP contribution in [0.5, 0.6) is 5.75 Å². The molecule has 3 fully saturated rings. The number of hydrogen-bond acceptors (Lipinski definition) is 7. The van der Waals surface area contributed by atoms with Crippen LogP contribution in [0.2, 0.25) is 0 Å². The van der Waals surface area contributed by atoms with Gasteiger partial charge in [0.1, 0.15) is 5.75 Å². The number of ether oxygens (including phenoxy) is 1. The van der Waals surface area contributed by atoms with E-state index in [-0.39, 0.29) is 29.2 Å².